The fourth-order valence-corrected chi connectivity index (χ4v) is 0.433. The van der Waals surface area contributed by atoms with Crippen LogP contribution in [0.4, 0.5) is 0 Å². The van der Waals surface area contributed by atoms with Crippen LogP contribution in [0.1, 0.15) is 59.3 Å². The summed E-state index contributed by atoms with van der Waals surface area (Å²) in [5.41, 5.74) is 0. The van der Waals surface area contributed by atoms with E-state index < -0.39 is 0 Å². The Balaban J connectivity index is -0.0000000277. The molecule has 0 heterocycles. The summed E-state index contributed by atoms with van der Waals surface area (Å²) in [7, 11) is 0. The molecule has 0 aliphatic carbocycles. The maximum Gasteiger partial charge on any atom is 3.00 e. The Bertz CT molecular complexity index is 62.1. The van der Waals surface area contributed by atoms with Crippen molar-refractivity contribution in [3.63, 3.8) is 0 Å². The van der Waals surface area contributed by atoms with Crippen molar-refractivity contribution >= 4 is 17.4 Å². The summed E-state index contributed by atoms with van der Waals surface area (Å²) >= 11 is 0. The van der Waals surface area contributed by atoms with E-state index in [1.54, 1.807) is 0 Å². The molecule has 6 heteroatoms. The van der Waals surface area contributed by atoms with E-state index in [0.29, 0.717) is 0 Å². The van der Waals surface area contributed by atoms with Gasteiger partial charge >= 0.3 is 55.1 Å². The molecule has 0 N–H and O–H groups in total. The van der Waals surface area contributed by atoms with Gasteiger partial charge in [0.2, 0.25) is 0 Å². The molecule has 0 amide bonds. The molecule has 0 aliphatic rings. The molecule has 0 spiro atoms. The van der Waals surface area contributed by atoms with Crippen LogP contribution in [0.3, 0.4) is 0 Å². The Morgan fingerprint density at radius 1 is 0.556 bits per heavy atom. The summed E-state index contributed by atoms with van der Waals surface area (Å²) in [5.74, 6) is 0. The minimum Gasteiger partial charge on any atom is -0.854 e. The largest absolute Gasteiger partial charge is 3.00 e. The summed E-state index contributed by atoms with van der Waals surface area (Å²) in [4.78, 5) is 0. The van der Waals surface area contributed by atoms with Gasteiger partial charge in [0.05, 0.1) is 0 Å². The minimum atomic E-state index is 0. The SMILES string of the molecule is CCCC[O-].CCCC[O-].CCCC[O-].[Al+3].[Li+].[Li+]. The second-order valence-corrected chi connectivity index (χ2v) is 3.17. The van der Waals surface area contributed by atoms with Crippen molar-refractivity contribution in [3.8, 4) is 0 Å². The van der Waals surface area contributed by atoms with E-state index in [9.17, 15) is 15.3 Å². The molecule has 0 rings (SSSR count). The van der Waals surface area contributed by atoms with Gasteiger partial charge in [-0.15, -0.1) is 19.8 Å². The van der Waals surface area contributed by atoms with Crippen molar-refractivity contribution in [3.05, 3.63) is 0 Å². The second kappa shape index (κ2) is 51.3. The predicted octanol–water partition coefficient (Wildman–Crippen LogP) is -5.93. The molecular weight excluding hydrogens is 233 g/mol. The molecule has 0 aliphatic heterocycles. The predicted molar refractivity (Wildman–Crippen MR) is 65.1 cm³/mol. The van der Waals surface area contributed by atoms with E-state index in [1.807, 2.05) is 20.8 Å². The Labute approximate surface area is 149 Å². The van der Waals surface area contributed by atoms with E-state index in [-0.39, 0.29) is 74.9 Å². The minimum absolute atomic E-state index is 0. The van der Waals surface area contributed by atoms with E-state index >= 15 is 0 Å². The first kappa shape index (κ1) is 36.7. The molecule has 18 heavy (non-hydrogen) atoms. The van der Waals surface area contributed by atoms with Gasteiger partial charge in [-0.05, 0) is 0 Å². The van der Waals surface area contributed by atoms with Crippen molar-refractivity contribution in [2.75, 3.05) is 19.8 Å². The third kappa shape index (κ3) is 83.9. The molecule has 0 aromatic carbocycles. The Hall–Kier alpha value is 1.61. The van der Waals surface area contributed by atoms with Crippen LogP contribution in [0.15, 0.2) is 0 Å². The molecule has 0 atom stereocenters. The van der Waals surface area contributed by atoms with Gasteiger partial charge in [-0.1, -0.05) is 59.3 Å². The van der Waals surface area contributed by atoms with Gasteiger partial charge < -0.3 is 15.3 Å². The summed E-state index contributed by atoms with van der Waals surface area (Å²) in [6, 6.07) is 0. The summed E-state index contributed by atoms with van der Waals surface area (Å²) in [6.45, 7) is 6.32. The summed E-state index contributed by atoms with van der Waals surface area (Å²) < 4.78 is 0. The first-order valence-corrected chi connectivity index (χ1v) is 5.99. The van der Waals surface area contributed by atoms with E-state index in [1.165, 1.54) is 0 Å². The van der Waals surface area contributed by atoms with Crippen LogP contribution in [0.25, 0.3) is 0 Å². The molecular formula is C12H27AlLi2O3+2. The Kier molecular flexibility index (Phi) is 104. The van der Waals surface area contributed by atoms with Gasteiger partial charge in [0, 0.05) is 0 Å². The van der Waals surface area contributed by atoms with Crippen LogP contribution in [-0.2, 0) is 0 Å². The van der Waals surface area contributed by atoms with Crippen molar-refractivity contribution in [2.24, 2.45) is 0 Å². The average Bonchev–Trinajstić information content (AvgIpc) is 2.23. The van der Waals surface area contributed by atoms with E-state index in [0.717, 1.165) is 38.5 Å². The fourth-order valence-electron chi connectivity index (χ4n) is 0.433. The zero-order valence-electron chi connectivity index (χ0n) is 13.2. The molecule has 0 aromatic heterocycles. The molecule has 0 aromatic rings. The van der Waals surface area contributed by atoms with Crippen molar-refractivity contribution in [1.29, 1.82) is 0 Å². The van der Waals surface area contributed by atoms with Gasteiger partial charge in [-0.25, -0.2) is 0 Å². The van der Waals surface area contributed by atoms with E-state index in [2.05, 4.69) is 0 Å². The zero-order chi connectivity index (χ0) is 12.4. The van der Waals surface area contributed by atoms with Crippen molar-refractivity contribution in [1.82, 2.24) is 0 Å². The van der Waals surface area contributed by atoms with Gasteiger partial charge in [0.25, 0.3) is 0 Å². The molecule has 0 fully saturated rings. The number of unbranched alkanes of at least 4 members (excludes halogenated alkanes) is 3. The summed E-state index contributed by atoms with van der Waals surface area (Å²) in [6.07, 6.45) is 5.59. The Morgan fingerprint density at radius 2 is 0.722 bits per heavy atom. The van der Waals surface area contributed by atoms with Gasteiger partial charge in [-0.3, -0.25) is 0 Å². The number of hydrogen-bond acceptors (Lipinski definition) is 3. The van der Waals surface area contributed by atoms with Crippen molar-refractivity contribution < 1.29 is 53.0 Å². The molecule has 0 bridgehead atoms. The maximum atomic E-state index is 9.53. The number of hydrogen-bond donors (Lipinski definition) is 0. The van der Waals surface area contributed by atoms with Crippen LogP contribution >= 0.6 is 0 Å². The van der Waals surface area contributed by atoms with Crippen LogP contribution < -0.4 is 53.0 Å². The van der Waals surface area contributed by atoms with E-state index in [4.69, 9.17) is 0 Å². The van der Waals surface area contributed by atoms with Crippen molar-refractivity contribution in [2.45, 2.75) is 59.3 Å². The smallest absolute Gasteiger partial charge is 0.854 e. The molecule has 0 unspecified atom stereocenters. The second-order valence-electron chi connectivity index (χ2n) is 3.17. The molecule has 0 saturated carbocycles. The monoisotopic (exact) mass is 260 g/mol. The molecule has 0 radical (unpaired) electrons. The first-order valence-electron chi connectivity index (χ1n) is 5.99. The van der Waals surface area contributed by atoms with Gasteiger partial charge in [0.1, 0.15) is 0 Å². The third-order valence-corrected chi connectivity index (χ3v) is 1.49. The molecule has 3 nitrogen and oxygen atoms in total. The van der Waals surface area contributed by atoms with Crippen LogP contribution in [0.2, 0.25) is 0 Å². The standard InChI is InChI=1S/3C4H9O.Al.2Li/c3*1-2-3-4-5;;;/h3*2-4H2,1H3;;;/q3*-1;+3;2*+1. The molecule has 96 valence electrons. The summed E-state index contributed by atoms with van der Waals surface area (Å²) in [5, 5.41) is 28.6. The average molecular weight is 260 g/mol. The van der Waals surface area contributed by atoms with Crippen LogP contribution in [0.5, 0.6) is 0 Å². The first-order chi connectivity index (χ1) is 7.24. The number of rotatable bonds is 6. The van der Waals surface area contributed by atoms with Crippen LogP contribution in [0, 0.1) is 0 Å². The zero-order valence-corrected chi connectivity index (χ0v) is 14.3. The third-order valence-electron chi connectivity index (χ3n) is 1.49. The topological polar surface area (TPSA) is 69.2 Å². The fraction of sp³-hybridized carbons (Fsp3) is 1.00. The maximum absolute atomic E-state index is 9.53. The van der Waals surface area contributed by atoms with Gasteiger partial charge in [0.15, 0.2) is 0 Å². The van der Waals surface area contributed by atoms with Gasteiger partial charge in [-0.2, -0.15) is 0 Å². The normalized spacial score (nSPS) is 7.00. The Morgan fingerprint density at radius 3 is 0.722 bits per heavy atom. The quantitative estimate of drug-likeness (QED) is 0.447. The van der Waals surface area contributed by atoms with Crippen LogP contribution in [-0.4, -0.2) is 37.2 Å². The molecule has 0 saturated heterocycles.